The third kappa shape index (κ3) is 1.87. The standard InChI is InChI=1S/C12H11N3O2/c16-12-6-5-9(13-14-12)10-7-8-3-1-2-4-11(8)17-15-10/h1-4,7,15H,5-6H2,(H,14,16). The van der Waals surface area contributed by atoms with E-state index in [0.717, 1.165) is 22.7 Å². The van der Waals surface area contributed by atoms with Gasteiger partial charge in [-0.15, -0.1) is 0 Å². The maximum absolute atomic E-state index is 11.0. The average Bonchev–Trinajstić information content (AvgIpc) is 2.39. The van der Waals surface area contributed by atoms with Gasteiger partial charge in [-0.3, -0.25) is 4.79 Å². The molecule has 1 aromatic carbocycles. The van der Waals surface area contributed by atoms with Crippen molar-refractivity contribution in [2.45, 2.75) is 12.8 Å². The predicted molar refractivity (Wildman–Crippen MR) is 63.0 cm³/mol. The summed E-state index contributed by atoms with van der Waals surface area (Å²) in [6.07, 6.45) is 3.05. The number of fused-ring (bicyclic) bond motifs is 1. The largest absolute Gasteiger partial charge is 0.381 e. The van der Waals surface area contributed by atoms with Gasteiger partial charge in [0.2, 0.25) is 5.91 Å². The molecule has 3 rings (SSSR count). The van der Waals surface area contributed by atoms with Crippen LogP contribution >= 0.6 is 0 Å². The molecule has 2 N–H and O–H groups in total. The van der Waals surface area contributed by atoms with Gasteiger partial charge in [-0.1, -0.05) is 18.2 Å². The lowest BCUT2D eigenvalue weighted by Crippen LogP contribution is -2.32. The molecule has 5 heteroatoms. The highest BCUT2D eigenvalue weighted by molar-refractivity contribution is 6.06. The Morgan fingerprint density at radius 2 is 2.12 bits per heavy atom. The summed E-state index contributed by atoms with van der Waals surface area (Å²) in [6, 6.07) is 7.72. The third-order valence-corrected chi connectivity index (χ3v) is 2.71. The number of para-hydroxylation sites is 1. The Kier molecular flexibility index (Phi) is 2.29. The highest BCUT2D eigenvalue weighted by Gasteiger charge is 2.19. The van der Waals surface area contributed by atoms with Crippen LogP contribution in [0.3, 0.4) is 0 Å². The van der Waals surface area contributed by atoms with E-state index in [4.69, 9.17) is 4.84 Å². The van der Waals surface area contributed by atoms with Crippen molar-refractivity contribution >= 4 is 17.7 Å². The van der Waals surface area contributed by atoms with Crippen molar-refractivity contribution in [1.82, 2.24) is 10.9 Å². The average molecular weight is 229 g/mol. The second kappa shape index (κ2) is 3.93. The van der Waals surface area contributed by atoms with Gasteiger partial charge in [0.15, 0.2) is 5.75 Å². The topological polar surface area (TPSA) is 62.7 Å². The Morgan fingerprint density at radius 3 is 2.94 bits per heavy atom. The van der Waals surface area contributed by atoms with Crippen LogP contribution in [-0.4, -0.2) is 11.6 Å². The number of benzene rings is 1. The maximum Gasteiger partial charge on any atom is 0.240 e. The summed E-state index contributed by atoms with van der Waals surface area (Å²) >= 11 is 0. The number of carbonyl (C=O) groups is 1. The summed E-state index contributed by atoms with van der Waals surface area (Å²) in [5, 5.41) is 4.01. The van der Waals surface area contributed by atoms with Crippen LogP contribution in [0, 0.1) is 0 Å². The molecule has 1 amide bonds. The van der Waals surface area contributed by atoms with Crippen molar-refractivity contribution in [1.29, 1.82) is 0 Å². The van der Waals surface area contributed by atoms with Crippen molar-refractivity contribution in [2.75, 3.05) is 0 Å². The van der Waals surface area contributed by atoms with E-state index in [0.29, 0.717) is 12.8 Å². The minimum atomic E-state index is -0.0496. The van der Waals surface area contributed by atoms with Gasteiger partial charge in [-0.25, -0.2) is 10.9 Å². The second-order valence-corrected chi connectivity index (χ2v) is 3.89. The number of nitrogens with one attached hydrogen (secondary N) is 2. The van der Waals surface area contributed by atoms with Gasteiger partial charge in [-0.2, -0.15) is 5.10 Å². The van der Waals surface area contributed by atoms with Crippen LogP contribution in [0.25, 0.3) is 6.08 Å². The molecule has 0 aliphatic carbocycles. The van der Waals surface area contributed by atoms with Crippen LogP contribution < -0.4 is 15.7 Å². The normalized spacial score (nSPS) is 18.0. The molecule has 0 aromatic heterocycles. The van der Waals surface area contributed by atoms with E-state index in [9.17, 15) is 4.79 Å². The zero-order valence-electron chi connectivity index (χ0n) is 9.06. The van der Waals surface area contributed by atoms with Crippen molar-refractivity contribution in [2.24, 2.45) is 5.10 Å². The van der Waals surface area contributed by atoms with Crippen molar-refractivity contribution in [3.05, 3.63) is 35.5 Å². The van der Waals surface area contributed by atoms with Gasteiger partial charge in [0, 0.05) is 18.4 Å². The Hall–Kier alpha value is -2.30. The number of hydrazone groups is 1. The summed E-state index contributed by atoms with van der Waals surface area (Å²) in [5.74, 6) is 0.739. The second-order valence-electron chi connectivity index (χ2n) is 3.89. The molecule has 0 saturated heterocycles. The summed E-state index contributed by atoms with van der Waals surface area (Å²) in [6.45, 7) is 0. The molecule has 0 spiro atoms. The van der Waals surface area contributed by atoms with E-state index in [-0.39, 0.29) is 5.91 Å². The van der Waals surface area contributed by atoms with Gasteiger partial charge in [0.1, 0.15) is 0 Å². The number of allylic oxidation sites excluding steroid dienone is 1. The molecule has 0 radical (unpaired) electrons. The van der Waals surface area contributed by atoms with Crippen LogP contribution in [0.15, 0.2) is 35.1 Å². The van der Waals surface area contributed by atoms with E-state index < -0.39 is 0 Å². The molecule has 2 aliphatic rings. The molecule has 86 valence electrons. The molecule has 5 nitrogen and oxygen atoms in total. The highest BCUT2D eigenvalue weighted by atomic mass is 16.6. The smallest absolute Gasteiger partial charge is 0.240 e. The lowest BCUT2D eigenvalue weighted by atomic mass is 10.1. The number of nitrogens with zero attached hydrogens (tertiary/aromatic N) is 1. The summed E-state index contributed by atoms with van der Waals surface area (Å²) in [4.78, 5) is 16.4. The summed E-state index contributed by atoms with van der Waals surface area (Å²) < 4.78 is 0. The third-order valence-electron chi connectivity index (χ3n) is 2.71. The first-order valence-electron chi connectivity index (χ1n) is 5.42. The number of hydrogen-bond acceptors (Lipinski definition) is 4. The van der Waals surface area contributed by atoms with E-state index >= 15 is 0 Å². The summed E-state index contributed by atoms with van der Waals surface area (Å²) in [7, 11) is 0. The van der Waals surface area contributed by atoms with Gasteiger partial charge in [0.05, 0.1) is 11.4 Å². The Bertz CT molecular complexity index is 534. The van der Waals surface area contributed by atoms with E-state index in [2.05, 4.69) is 16.0 Å². The Morgan fingerprint density at radius 1 is 1.24 bits per heavy atom. The molecule has 0 unspecified atom stereocenters. The zero-order valence-corrected chi connectivity index (χ0v) is 9.06. The Balaban J connectivity index is 1.91. The molecule has 0 bridgehead atoms. The maximum atomic E-state index is 11.0. The number of rotatable bonds is 1. The van der Waals surface area contributed by atoms with E-state index in [1.807, 2.05) is 30.3 Å². The van der Waals surface area contributed by atoms with Crippen LogP contribution in [0.5, 0.6) is 5.75 Å². The first-order valence-corrected chi connectivity index (χ1v) is 5.42. The fourth-order valence-electron chi connectivity index (χ4n) is 1.80. The molecule has 17 heavy (non-hydrogen) atoms. The molecular formula is C12H11N3O2. The minimum absolute atomic E-state index is 0.0496. The highest BCUT2D eigenvalue weighted by Crippen LogP contribution is 2.24. The fraction of sp³-hybridized carbons (Fsp3) is 0.167. The monoisotopic (exact) mass is 229 g/mol. The molecule has 2 heterocycles. The SMILES string of the molecule is O=C1CCC(C2=Cc3ccccc3ON2)=NN1. The quantitative estimate of drug-likeness (QED) is 0.760. The van der Waals surface area contributed by atoms with Crippen molar-refractivity contribution < 1.29 is 9.63 Å². The van der Waals surface area contributed by atoms with E-state index in [1.54, 1.807) is 0 Å². The molecule has 0 saturated carbocycles. The lowest BCUT2D eigenvalue weighted by Gasteiger charge is -2.21. The molecule has 2 aliphatic heterocycles. The minimum Gasteiger partial charge on any atom is -0.381 e. The molecule has 0 fully saturated rings. The first kappa shape index (κ1) is 9.89. The molecular weight excluding hydrogens is 218 g/mol. The van der Waals surface area contributed by atoms with Crippen molar-refractivity contribution in [3.8, 4) is 5.75 Å². The fourth-order valence-corrected chi connectivity index (χ4v) is 1.80. The number of amides is 1. The number of carbonyl (C=O) groups excluding carboxylic acids is 1. The summed E-state index contributed by atoms with van der Waals surface area (Å²) in [5.41, 5.74) is 7.91. The number of hydrogen-bond donors (Lipinski definition) is 2. The number of hydroxylamine groups is 1. The van der Waals surface area contributed by atoms with Crippen LogP contribution in [-0.2, 0) is 4.79 Å². The lowest BCUT2D eigenvalue weighted by molar-refractivity contribution is -0.121. The van der Waals surface area contributed by atoms with Crippen LogP contribution in [0.2, 0.25) is 0 Å². The van der Waals surface area contributed by atoms with Crippen LogP contribution in [0.1, 0.15) is 18.4 Å². The van der Waals surface area contributed by atoms with Crippen molar-refractivity contribution in [3.63, 3.8) is 0 Å². The van der Waals surface area contributed by atoms with Gasteiger partial charge >= 0.3 is 0 Å². The van der Waals surface area contributed by atoms with Gasteiger partial charge < -0.3 is 4.84 Å². The Labute approximate surface area is 98.1 Å². The first-order chi connectivity index (χ1) is 8.33. The van der Waals surface area contributed by atoms with E-state index in [1.165, 1.54) is 0 Å². The van der Waals surface area contributed by atoms with Gasteiger partial charge in [0.25, 0.3) is 0 Å². The zero-order chi connectivity index (χ0) is 11.7. The molecule has 0 atom stereocenters. The predicted octanol–water partition coefficient (Wildman–Crippen LogP) is 1.19. The van der Waals surface area contributed by atoms with Gasteiger partial charge in [-0.05, 0) is 12.1 Å². The molecule has 1 aromatic rings. The van der Waals surface area contributed by atoms with Crippen LogP contribution in [0.4, 0.5) is 0 Å².